The lowest BCUT2D eigenvalue weighted by atomic mass is 9.91. The Hall–Kier alpha value is -2.88. The van der Waals surface area contributed by atoms with Gasteiger partial charge < -0.3 is 9.84 Å². The second kappa shape index (κ2) is 4.31. The average molecular weight is 277 g/mol. The van der Waals surface area contributed by atoms with E-state index in [0.29, 0.717) is 5.56 Å². The lowest BCUT2D eigenvalue weighted by molar-refractivity contribution is 0.0535. The molecule has 0 atom stereocenters. The number of hydrogen-bond donors (Lipinski definition) is 1. The van der Waals surface area contributed by atoms with Crippen molar-refractivity contribution in [3.8, 4) is 16.9 Å². The summed E-state index contributed by atoms with van der Waals surface area (Å²) in [4.78, 5) is 16.0. The number of carbonyl (C=O) groups excluding carboxylic acids is 1. The van der Waals surface area contributed by atoms with E-state index in [1.807, 2.05) is 18.2 Å². The minimum Gasteiger partial charge on any atom is -0.508 e. The summed E-state index contributed by atoms with van der Waals surface area (Å²) in [5, 5.41) is 11.5. The number of hydrogen-bond acceptors (Lipinski definition) is 4. The lowest BCUT2D eigenvalue weighted by Crippen LogP contribution is -1.95. The molecule has 4 nitrogen and oxygen atoms in total. The Balaban J connectivity index is 2.15. The molecule has 102 valence electrons. The quantitative estimate of drug-likeness (QED) is 0.693. The smallest absolute Gasteiger partial charge is 0.338 e. The van der Waals surface area contributed by atoms with Gasteiger partial charge >= 0.3 is 5.97 Å². The van der Waals surface area contributed by atoms with Crippen molar-refractivity contribution in [1.82, 2.24) is 4.98 Å². The van der Waals surface area contributed by atoms with Gasteiger partial charge in [0.15, 0.2) is 0 Å². The molecular formula is C17H11NO3. The van der Waals surface area contributed by atoms with Crippen LogP contribution in [0.2, 0.25) is 0 Å². The number of pyridine rings is 1. The van der Waals surface area contributed by atoms with Gasteiger partial charge in [-0.2, -0.15) is 0 Å². The van der Waals surface area contributed by atoms with Crippen molar-refractivity contribution >= 4 is 16.7 Å². The van der Waals surface area contributed by atoms with Gasteiger partial charge in [-0.1, -0.05) is 12.1 Å². The second-order valence-electron chi connectivity index (χ2n) is 5.00. The number of nitrogens with zero attached hydrogens (tertiary/aromatic N) is 1. The van der Waals surface area contributed by atoms with Crippen molar-refractivity contribution in [2.24, 2.45) is 0 Å². The Bertz CT molecular complexity index is 872. The highest BCUT2D eigenvalue weighted by molar-refractivity contribution is 6.07. The Labute approximate surface area is 120 Å². The molecule has 1 aliphatic rings. The number of cyclic esters (lactones) is 1. The zero-order valence-electron chi connectivity index (χ0n) is 11.0. The molecule has 2 heterocycles. The van der Waals surface area contributed by atoms with Crippen LogP contribution in [0.1, 0.15) is 15.9 Å². The van der Waals surface area contributed by atoms with E-state index in [0.717, 1.165) is 27.5 Å². The first-order valence-electron chi connectivity index (χ1n) is 6.60. The molecule has 0 amide bonds. The molecule has 0 saturated carbocycles. The van der Waals surface area contributed by atoms with Crippen molar-refractivity contribution in [1.29, 1.82) is 0 Å². The predicted molar refractivity (Wildman–Crippen MR) is 78.0 cm³/mol. The fourth-order valence-corrected chi connectivity index (χ4v) is 2.82. The maximum absolute atomic E-state index is 11.9. The Kier molecular flexibility index (Phi) is 2.44. The number of benzene rings is 2. The molecule has 0 spiro atoms. The molecule has 0 saturated heterocycles. The van der Waals surface area contributed by atoms with Gasteiger partial charge in [0.2, 0.25) is 0 Å². The zero-order valence-corrected chi connectivity index (χ0v) is 11.0. The SMILES string of the molecule is O=C1OCc2c1cc1cc(O)ccc1c2-c1cccnc1. The summed E-state index contributed by atoms with van der Waals surface area (Å²) in [7, 11) is 0. The van der Waals surface area contributed by atoms with Crippen molar-refractivity contribution < 1.29 is 14.6 Å². The molecule has 0 unspecified atom stereocenters. The molecule has 3 aromatic rings. The van der Waals surface area contributed by atoms with Crippen LogP contribution < -0.4 is 0 Å². The monoisotopic (exact) mass is 277 g/mol. The van der Waals surface area contributed by atoms with Gasteiger partial charge in [0.05, 0.1) is 5.56 Å². The first kappa shape index (κ1) is 11.9. The molecule has 1 aliphatic heterocycles. The van der Waals surface area contributed by atoms with Crippen molar-refractivity contribution in [3.05, 3.63) is 59.9 Å². The molecule has 1 aromatic heterocycles. The minimum absolute atomic E-state index is 0.172. The van der Waals surface area contributed by atoms with Crippen LogP contribution >= 0.6 is 0 Å². The van der Waals surface area contributed by atoms with E-state index in [-0.39, 0.29) is 18.3 Å². The first-order chi connectivity index (χ1) is 10.2. The number of phenolic OH excluding ortho intramolecular Hbond substituents is 1. The third-order valence-electron chi connectivity index (χ3n) is 3.75. The summed E-state index contributed by atoms with van der Waals surface area (Å²) in [6.07, 6.45) is 3.48. The maximum atomic E-state index is 11.9. The maximum Gasteiger partial charge on any atom is 0.338 e. The van der Waals surface area contributed by atoms with Gasteiger partial charge in [0, 0.05) is 23.5 Å². The third-order valence-corrected chi connectivity index (χ3v) is 3.75. The minimum atomic E-state index is -0.319. The van der Waals surface area contributed by atoms with E-state index < -0.39 is 0 Å². The average Bonchev–Trinajstić information content (AvgIpc) is 2.87. The molecule has 0 bridgehead atoms. The molecular weight excluding hydrogens is 266 g/mol. The van der Waals surface area contributed by atoms with Gasteiger partial charge in [-0.15, -0.1) is 0 Å². The highest BCUT2D eigenvalue weighted by atomic mass is 16.5. The van der Waals surface area contributed by atoms with Crippen molar-refractivity contribution in [3.63, 3.8) is 0 Å². The normalized spacial score (nSPS) is 13.2. The van der Waals surface area contributed by atoms with Gasteiger partial charge in [0.25, 0.3) is 0 Å². The molecule has 0 aliphatic carbocycles. The topological polar surface area (TPSA) is 59.4 Å². The molecule has 4 heteroatoms. The summed E-state index contributed by atoms with van der Waals surface area (Å²) in [5.74, 6) is -0.147. The molecule has 2 aromatic carbocycles. The fourth-order valence-electron chi connectivity index (χ4n) is 2.82. The largest absolute Gasteiger partial charge is 0.508 e. The number of aromatic nitrogens is 1. The number of rotatable bonds is 1. The molecule has 4 rings (SSSR count). The summed E-state index contributed by atoms with van der Waals surface area (Å²) in [6, 6.07) is 10.7. The van der Waals surface area contributed by atoms with Crippen LogP contribution in [0.15, 0.2) is 48.8 Å². The summed E-state index contributed by atoms with van der Waals surface area (Å²) < 4.78 is 5.17. The fraction of sp³-hybridized carbons (Fsp3) is 0.0588. The third kappa shape index (κ3) is 1.76. The molecule has 0 fully saturated rings. The van der Waals surface area contributed by atoms with Gasteiger partial charge in [-0.25, -0.2) is 4.79 Å². The summed E-state index contributed by atoms with van der Waals surface area (Å²) >= 11 is 0. The highest BCUT2D eigenvalue weighted by Crippen LogP contribution is 2.38. The summed E-state index contributed by atoms with van der Waals surface area (Å²) in [6.45, 7) is 0.273. The predicted octanol–water partition coefficient (Wildman–Crippen LogP) is 3.28. The van der Waals surface area contributed by atoms with Gasteiger partial charge in [-0.3, -0.25) is 4.98 Å². The molecule has 0 radical (unpaired) electrons. The Morgan fingerprint density at radius 2 is 2.10 bits per heavy atom. The Morgan fingerprint density at radius 1 is 1.19 bits per heavy atom. The lowest BCUT2D eigenvalue weighted by Gasteiger charge is -2.11. The van der Waals surface area contributed by atoms with Crippen LogP contribution in [0.4, 0.5) is 0 Å². The zero-order chi connectivity index (χ0) is 14.4. The number of fused-ring (bicyclic) bond motifs is 2. The van der Waals surface area contributed by atoms with Gasteiger partial charge in [0.1, 0.15) is 12.4 Å². The van der Waals surface area contributed by atoms with Crippen LogP contribution in [0.25, 0.3) is 21.9 Å². The number of ether oxygens (including phenoxy) is 1. The van der Waals surface area contributed by atoms with E-state index in [2.05, 4.69) is 4.98 Å². The van der Waals surface area contributed by atoms with E-state index in [9.17, 15) is 9.90 Å². The van der Waals surface area contributed by atoms with E-state index in [1.54, 1.807) is 30.6 Å². The number of aromatic hydroxyl groups is 1. The number of carbonyl (C=O) groups is 1. The van der Waals surface area contributed by atoms with Crippen LogP contribution in [0.5, 0.6) is 5.75 Å². The molecule has 1 N–H and O–H groups in total. The summed E-state index contributed by atoms with van der Waals surface area (Å²) in [5.41, 5.74) is 3.32. The van der Waals surface area contributed by atoms with Crippen LogP contribution in [-0.4, -0.2) is 16.1 Å². The number of esters is 1. The van der Waals surface area contributed by atoms with Gasteiger partial charge in [-0.05, 0) is 40.6 Å². The van der Waals surface area contributed by atoms with E-state index in [1.165, 1.54) is 0 Å². The van der Waals surface area contributed by atoms with Crippen molar-refractivity contribution in [2.75, 3.05) is 0 Å². The van der Waals surface area contributed by atoms with Crippen LogP contribution in [-0.2, 0) is 11.3 Å². The first-order valence-corrected chi connectivity index (χ1v) is 6.60. The van der Waals surface area contributed by atoms with Crippen LogP contribution in [0.3, 0.4) is 0 Å². The Morgan fingerprint density at radius 3 is 2.90 bits per heavy atom. The van der Waals surface area contributed by atoms with E-state index >= 15 is 0 Å². The standard InChI is InChI=1S/C17H11NO3/c19-12-3-4-13-11(6-12)7-14-15(9-21-17(14)20)16(13)10-2-1-5-18-8-10/h1-8,19H,9H2. The second-order valence-corrected chi connectivity index (χ2v) is 5.00. The van der Waals surface area contributed by atoms with Crippen molar-refractivity contribution in [2.45, 2.75) is 6.61 Å². The highest BCUT2D eigenvalue weighted by Gasteiger charge is 2.26. The van der Waals surface area contributed by atoms with Crippen LogP contribution in [0, 0.1) is 0 Å². The van der Waals surface area contributed by atoms with E-state index in [4.69, 9.17) is 4.74 Å². The number of phenols is 1. The molecule has 21 heavy (non-hydrogen) atoms.